The third kappa shape index (κ3) is 2.07. The van der Waals surface area contributed by atoms with Gasteiger partial charge in [-0.1, -0.05) is 13.8 Å². The van der Waals surface area contributed by atoms with E-state index in [1.165, 1.54) is 24.4 Å². The number of hydrogen-bond acceptors (Lipinski definition) is 2. The predicted molar refractivity (Wildman–Crippen MR) is 62.2 cm³/mol. The molecule has 1 unspecified atom stereocenters. The lowest BCUT2D eigenvalue weighted by atomic mass is 10.0. The van der Waals surface area contributed by atoms with Gasteiger partial charge < -0.3 is 9.88 Å². The Labute approximate surface area is 91.9 Å². The van der Waals surface area contributed by atoms with E-state index < -0.39 is 0 Å². The van der Waals surface area contributed by atoms with Gasteiger partial charge in [0.2, 0.25) is 0 Å². The summed E-state index contributed by atoms with van der Waals surface area (Å²) in [6.45, 7) is 5.48. The molecular weight excluding hydrogens is 186 g/mol. The highest BCUT2D eigenvalue weighted by atomic mass is 15.1. The van der Waals surface area contributed by atoms with E-state index in [9.17, 15) is 0 Å². The van der Waals surface area contributed by atoms with E-state index >= 15 is 0 Å². The van der Waals surface area contributed by atoms with E-state index in [0.29, 0.717) is 12.0 Å². The molecule has 0 radical (unpaired) electrons. The molecule has 3 nitrogen and oxygen atoms in total. The normalized spacial score (nSPS) is 20.7. The van der Waals surface area contributed by atoms with Crippen LogP contribution in [0, 0.1) is 0 Å². The summed E-state index contributed by atoms with van der Waals surface area (Å²) in [7, 11) is 2.02. The van der Waals surface area contributed by atoms with E-state index in [2.05, 4.69) is 29.9 Å². The number of hydrogen-bond donors (Lipinski definition) is 1. The van der Waals surface area contributed by atoms with Crippen molar-refractivity contribution in [2.75, 3.05) is 13.6 Å². The first-order valence-corrected chi connectivity index (χ1v) is 5.94. The zero-order chi connectivity index (χ0) is 10.8. The van der Waals surface area contributed by atoms with Crippen molar-refractivity contribution in [2.24, 2.45) is 0 Å². The van der Waals surface area contributed by atoms with Gasteiger partial charge in [-0.05, 0) is 25.8 Å². The number of rotatable bonds is 3. The molecular formula is C12H21N3. The molecule has 0 saturated carbocycles. The highest BCUT2D eigenvalue weighted by Crippen LogP contribution is 2.26. The van der Waals surface area contributed by atoms with Crippen molar-refractivity contribution in [2.45, 2.75) is 45.1 Å². The first-order chi connectivity index (χ1) is 7.22. The van der Waals surface area contributed by atoms with Gasteiger partial charge in [-0.2, -0.15) is 0 Å². The van der Waals surface area contributed by atoms with Crippen molar-refractivity contribution in [1.82, 2.24) is 14.9 Å². The van der Waals surface area contributed by atoms with Crippen molar-refractivity contribution in [1.29, 1.82) is 0 Å². The topological polar surface area (TPSA) is 29.9 Å². The number of nitrogens with one attached hydrogen (secondary N) is 1. The molecule has 1 aliphatic heterocycles. The Balaban J connectivity index is 2.26. The van der Waals surface area contributed by atoms with Gasteiger partial charge in [0.25, 0.3) is 0 Å². The first-order valence-electron chi connectivity index (χ1n) is 5.94. The van der Waals surface area contributed by atoms with Gasteiger partial charge in [0, 0.05) is 25.2 Å². The third-order valence-corrected chi connectivity index (χ3v) is 3.19. The molecule has 0 aliphatic carbocycles. The maximum absolute atomic E-state index is 4.72. The SMILES string of the molecule is CNCC1CCCc2nc(C(C)C)cn21. The minimum absolute atomic E-state index is 0.540. The van der Waals surface area contributed by atoms with Crippen molar-refractivity contribution < 1.29 is 0 Å². The predicted octanol–water partition coefficient (Wildman–Crippen LogP) is 2.10. The van der Waals surface area contributed by atoms with Crippen LogP contribution in [0.3, 0.4) is 0 Å². The van der Waals surface area contributed by atoms with Gasteiger partial charge in [-0.15, -0.1) is 0 Å². The summed E-state index contributed by atoms with van der Waals surface area (Å²) in [5, 5.41) is 3.27. The highest BCUT2D eigenvalue weighted by Gasteiger charge is 2.21. The number of fused-ring (bicyclic) bond motifs is 1. The molecule has 1 atom stereocenters. The van der Waals surface area contributed by atoms with E-state index in [4.69, 9.17) is 4.98 Å². The number of imidazole rings is 1. The molecule has 0 spiro atoms. The Bertz CT molecular complexity index is 328. The molecule has 1 aromatic heterocycles. The summed E-state index contributed by atoms with van der Waals surface area (Å²) in [5.74, 6) is 1.82. The van der Waals surface area contributed by atoms with Crippen LogP contribution in [0.4, 0.5) is 0 Å². The largest absolute Gasteiger partial charge is 0.330 e. The lowest BCUT2D eigenvalue weighted by molar-refractivity contribution is 0.385. The second-order valence-electron chi connectivity index (χ2n) is 4.75. The quantitative estimate of drug-likeness (QED) is 0.822. The van der Waals surface area contributed by atoms with E-state index in [1.54, 1.807) is 0 Å². The monoisotopic (exact) mass is 207 g/mol. The van der Waals surface area contributed by atoms with Gasteiger partial charge >= 0.3 is 0 Å². The molecule has 1 N–H and O–H groups in total. The summed E-state index contributed by atoms with van der Waals surface area (Å²) in [6, 6.07) is 0.610. The van der Waals surface area contributed by atoms with Crippen LogP contribution >= 0.6 is 0 Å². The smallest absolute Gasteiger partial charge is 0.109 e. The van der Waals surface area contributed by atoms with Gasteiger partial charge in [0.15, 0.2) is 0 Å². The maximum atomic E-state index is 4.72. The van der Waals surface area contributed by atoms with E-state index in [-0.39, 0.29) is 0 Å². The summed E-state index contributed by atoms with van der Waals surface area (Å²) >= 11 is 0. The minimum Gasteiger partial charge on any atom is -0.330 e. The van der Waals surface area contributed by atoms with Crippen LogP contribution < -0.4 is 5.32 Å². The van der Waals surface area contributed by atoms with Crippen LogP contribution in [0.2, 0.25) is 0 Å². The third-order valence-electron chi connectivity index (χ3n) is 3.19. The molecule has 3 heteroatoms. The van der Waals surface area contributed by atoms with Crippen LogP contribution in [0.1, 0.15) is 50.2 Å². The Morgan fingerprint density at radius 1 is 1.60 bits per heavy atom. The zero-order valence-corrected chi connectivity index (χ0v) is 9.95. The van der Waals surface area contributed by atoms with Gasteiger partial charge in [-0.25, -0.2) is 4.98 Å². The average molecular weight is 207 g/mol. The fraction of sp³-hybridized carbons (Fsp3) is 0.750. The molecule has 0 bridgehead atoms. The van der Waals surface area contributed by atoms with Crippen LogP contribution in [-0.2, 0) is 6.42 Å². The van der Waals surface area contributed by atoms with Gasteiger partial charge in [0.1, 0.15) is 5.82 Å². The van der Waals surface area contributed by atoms with Crippen molar-refractivity contribution in [3.8, 4) is 0 Å². The van der Waals surface area contributed by atoms with Crippen LogP contribution in [0.5, 0.6) is 0 Å². The van der Waals surface area contributed by atoms with Crippen LogP contribution in [0.25, 0.3) is 0 Å². The minimum atomic E-state index is 0.540. The average Bonchev–Trinajstić information content (AvgIpc) is 2.63. The number of aromatic nitrogens is 2. The molecule has 0 amide bonds. The molecule has 0 fully saturated rings. The van der Waals surface area contributed by atoms with Crippen molar-refractivity contribution in [3.63, 3.8) is 0 Å². The zero-order valence-electron chi connectivity index (χ0n) is 9.95. The second kappa shape index (κ2) is 4.35. The first kappa shape index (κ1) is 10.7. The molecule has 1 aromatic rings. The highest BCUT2D eigenvalue weighted by molar-refractivity contribution is 5.11. The standard InChI is InChI=1S/C12H21N3/c1-9(2)11-8-15-10(7-13-3)5-4-6-12(15)14-11/h8-10,13H,4-7H2,1-3H3. The van der Waals surface area contributed by atoms with Crippen LogP contribution in [-0.4, -0.2) is 23.1 Å². The summed E-state index contributed by atoms with van der Waals surface area (Å²) < 4.78 is 2.38. The molecule has 84 valence electrons. The van der Waals surface area contributed by atoms with E-state index in [1.807, 2.05) is 7.05 Å². The Kier molecular flexibility index (Phi) is 3.10. The molecule has 0 aromatic carbocycles. The Morgan fingerprint density at radius 3 is 3.07 bits per heavy atom. The lowest BCUT2D eigenvalue weighted by Gasteiger charge is -2.24. The summed E-state index contributed by atoms with van der Waals surface area (Å²) in [4.78, 5) is 4.72. The maximum Gasteiger partial charge on any atom is 0.109 e. The van der Waals surface area contributed by atoms with Crippen LogP contribution in [0.15, 0.2) is 6.20 Å². The molecule has 2 rings (SSSR count). The van der Waals surface area contributed by atoms with E-state index in [0.717, 1.165) is 13.0 Å². The summed E-state index contributed by atoms with van der Waals surface area (Å²) in [5.41, 5.74) is 1.24. The fourth-order valence-corrected chi connectivity index (χ4v) is 2.30. The van der Waals surface area contributed by atoms with Gasteiger partial charge in [0.05, 0.1) is 5.69 Å². The van der Waals surface area contributed by atoms with Gasteiger partial charge in [-0.3, -0.25) is 0 Å². The second-order valence-corrected chi connectivity index (χ2v) is 4.75. The number of likely N-dealkylation sites (N-methyl/N-ethyl adjacent to an activating group) is 1. The molecule has 1 aliphatic rings. The molecule has 2 heterocycles. The molecule has 15 heavy (non-hydrogen) atoms. The Morgan fingerprint density at radius 2 is 2.40 bits per heavy atom. The number of aryl methyl sites for hydroxylation is 1. The van der Waals surface area contributed by atoms with Crippen molar-refractivity contribution >= 4 is 0 Å². The van der Waals surface area contributed by atoms with Crippen molar-refractivity contribution in [3.05, 3.63) is 17.7 Å². The lowest BCUT2D eigenvalue weighted by Crippen LogP contribution is -2.26. The number of nitrogens with zero attached hydrogens (tertiary/aromatic N) is 2. The Hall–Kier alpha value is -0.830. The fourth-order valence-electron chi connectivity index (χ4n) is 2.30. The molecule has 0 saturated heterocycles. The summed E-state index contributed by atoms with van der Waals surface area (Å²) in [6.07, 6.45) is 5.96.